The van der Waals surface area contributed by atoms with E-state index in [1.807, 2.05) is 0 Å². The van der Waals surface area contributed by atoms with Crippen molar-refractivity contribution in [3.8, 4) is 0 Å². The second kappa shape index (κ2) is 12.3. The minimum atomic E-state index is -2.52. The third-order valence-corrected chi connectivity index (χ3v) is 4.74. The fourth-order valence-corrected chi connectivity index (χ4v) is 3.19. The molecule has 172 valence electrons. The summed E-state index contributed by atoms with van der Waals surface area (Å²) in [5.41, 5.74) is 0. The van der Waals surface area contributed by atoms with Crippen molar-refractivity contribution in [2.24, 2.45) is 5.92 Å². The highest BCUT2D eigenvalue weighted by Gasteiger charge is 2.49. The van der Waals surface area contributed by atoms with E-state index in [0.717, 1.165) is 13.8 Å². The van der Waals surface area contributed by atoms with Crippen molar-refractivity contribution in [2.45, 2.75) is 58.7 Å². The van der Waals surface area contributed by atoms with Crippen LogP contribution in [0.1, 0.15) is 34.1 Å². The van der Waals surface area contributed by atoms with Gasteiger partial charge in [-0.1, -0.05) is 6.92 Å². The van der Waals surface area contributed by atoms with Crippen LogP contribution in [0.2, 0.25) is 0 Å². The molecule has 5 atom stereocenters. The van der Waals surface area contributed by atoms with Gasteiger partial charge in [0.25, 0.3) is 0 Å². The largest absolute Gasteiger partial charge is 0.458 e. The molecule has 13 heteroatoms. The van der Waals surface area contributed by atoms with Crippen LogP contribution in [-0.2, 0) is 48.8 Å². The average molecular weight is 453 g/mol. The number of carbonyl (C=O) groups excluding carboxylic acids is 4. The van der Waals surface area contributed by atoms with Crippen LogP contribution in [0, 0.1) is 5.92 Å². The van der Waals surface area contributed by atoms with Crippen molar-refractivity contribution >= 4 is 34.7 Å². The Morgan fingerprint density at radius 1 is 0.933 bits per heavy atom. The summed E-state index contributed by atoms with van der Waals surface area (Å²) in [6.45, 7) is 4.88. The molecular weight excluding hydrogens is 426 g/mol. The first-order chi connectivity index (χ1) is 14.0. The highest BCUT2D eigenvalue weighted by Crippen LogP contribution is 2.31. The van der Waals surface area contributed by atoms with E-state index in [9.17, 15) is 27.6 Å². The summed E-state index contributed by atoms with van der Waals surface area (Å²) in [4.78, 5) is 46.2. The average Bonchev–Trinajstić information content (AvgIpc) is 2.61. The zero-order chi connectivity index (χ0) is 22.8. The molecule has 0 aromatic rings. The van der Waals surface area contributed by atoms with Gasteiger partial charge in [-0.3, -0.25) is 14.4 Å². The third kappa shape index (κ3) is 8.95. The minimum absolute atomic E-state index is 0.0654. The lowest BCUT2D eigenvalue weighted by Crippen LogP contribution is -2.58. The molecule has 1 saturated heterocycles. The number of hydrogen-bond acceptors (Lipinski definition) is 11. The highest BCUT2D eigenvalue weighted by molar-refractivity contribution is 7.72. The summed E-state index contributed by atoms with van der Waals surface area (Å²) in [7, 11) is -2.52. The fourth-order valence-electron chi connectivity index (χ4n) is 2.78. The molecule has 0 radical (unpaired) electrons. The molecule has 0 bridgehead atoms. The fraction of sp³-hybridized carbons (Fsp3) is 0.765. The van der Waals surface area contributed by atoms with Crippen LogP contribution in [0.5, 0.6) is 0 Å². The topological polar surface area (TPSA) is 161 Å². The van der Waals surface area contributed by atoms with E-state index in [0.29, 0.717) is 0 Å². The highest BCUT2D eigenvalue weighted by atomic mass is 32.2. The first-order valence-electron chi connectivity index (χ1n) is 9.20. The van der Waals surface area contributed by atoms with E-state index in [-0.39, 0.29) is 25.3 Å². The molecule has 12 nitrogen and oxygen atoms in total. The first-order valence-corrected chi connectivity index (χ1v) is 10.6. The van der Waals surface area contributed by atoms with E-state index < -0.39 is 65.2 Å². The second-order valence-electron chi connectivity index (χ2n) is 6.59. The van der Waals surface area contributed by atoms with Gasteiger partial charge in [-0.15, -0.1) is 0 Å². The number of alkyl carbamates (subject to hydrolysis) is 1. The second-order valence-corrected chi connectivity index (χ2v) is 7.71. The van der Waals surface area contributed by atoms with Gasteiger partial charge in [0.05, 0.1) is 0 Å². The number of rotatable bonds is 9. The standard InChI is InChI=1S/C17H27NO11S/c1-9-13(8-25-17(22)18-6-5-7-30(23)24)29-16(28-12(4)21)15(27-11(3)20)14(9)26-10(2)19/h9,13-16,30H,5-8H2,1-4H3,(H,18,22)/t9-,13-,14+,15-,16+/m1/s1. The van der Waals surface area contributed by atoms with Crippen molar-refractivity contribution in [2.75, 3.05) is 18.9 Å². The Labute approximate surface area is 175 Å². The normalized spacial score (nSPS) is 25.8. The van der Waals surface area contributed by atoms with Crippen molar-refractivity contribution in [1.82, 2.24) is 5.32 Å². The Morgan fingerprint density at radius 2 is 1.50 bits per heavy atom. The minimum Gasteiger partial charge on any atom is -0.458 e. The van der Waals surface area contributed by atoms with Gasteiger partial charge in [0.2, 0.25) is 12.4 Å². The summed E-state index contributed by atoms with van der Waals surface area (Å²) >= 11 is 0. The molecular formula is C17H27NO11S. The quantitative estimate of drug-likeness (QED) is 0.200. The Hall–Kier alpha value is -2.41. The van der Waals surface area contributed by atoms with E-state index in [4.69, 9.17) is 23.7 Å². The summed E-state index contributed by atoms with van der Waals surface area (Å²) in [5.74, 6) is -2.73. The molecule has 0 spiro atoms. The van der Waals surface area contributed by atoms with Gasteiger partial charge in [0.1, 0.15) is 29.5 Å². The number of nitrogens with one attached hydrogen (secondary N) is 1. The first kappa shape index (κ1) is 25.6. The predicted molar refractivity (Wildman–Crippen MR) is 99.8 cm³/mol. The molecule has 1 N–H and O–H groups in total. The molecule has 1 heterocycles. The van der Waals surface area contributed by atoms with Crippen LogP contribution in [-0.4, -0.2) is 75.9 Å². The van der Waals surface area contributed by atoms with Crippen LogP contribution < -0.4 is 5.32 Å². The Kier molecular flexibility index (Phi) is 10.5. The molecule has 1 fully saturated rings. The summed E-state index contributed by atoms with van der Waals surface area (Å²) in [6, 6.07) is 0. The number of thiol groups is 1. The molecule has 1 aliphatic heterocycles. The van der Waals surface area contributed by atoms with Gasteiger partial charge in [0.15, 0.2) is 0 Å². The number of esters is 3. The summed E-state index contributed by atoms with van der Waals surface area (Å²) in [6.07, 6.45) is -5.03. The molecule has 0 aromatic carbocycles. The van der Waals surface area contributed by atoms with Gasteiger partial charge < -0.3 is 29.0 Å². The van der Waals surface area contributed by atoms with E-state index in [1.165, 1.54) is 6.92 Å². The molecule has 1 aliphatic rings. The maximum atomic E-state index is 11.8. The Morgan fingerprint density at radius 3 is 2.03 bits per heavy atom. The Balaban J connectivity index is 2.82. The van der Waals surface area contributed by atoms with Crippen molar-refractivity contribution < 1.29 is 51.3 Å². The van der Waals surface area contributed by atoms with Crippen LogP contribution >= 0.6 is 0 Å². The van der Waals surface area contributed by atoms with Crippen molar-refractivity contribution in [3.05, 3.63) is 0 Å². The molecule has 30 heavy (non-hydrogen) atoms. The lowest BCUT2D eigenvalue weighted by atomic mass is 9.90. The third-order valence-electron chi connectivity index (χ3n) is 4.06. The Bertz CT molecular complexity index is 700. The smallest absolute Gasteiger partial charge is 0.407 e. The zero-order valence-corrected chi connectivity index (χ0v) is 18.0. The van der Waals surface area contributed by atoms with Crippen molar-refractivity contribution in [3.63, 3.8) is 0 Å². The summed E-state index contributed by atoms with van der Waals surface area (Å²) < 4.78 is 47.2. The molecule has 0 saturated carbocycles. The van der Waals surface area contributed by atoms with Gasteiger partial charge in [0, 0.05) is 39.0 Å². The van der Waals surface area contributed by atoms with Gasteiger partial charge in [-0.2, -0.15) is 0 Å². The molecule has 0 aliphatic carbocycles. The lowest BCUT2D eigenvalue weighted by molar-refractivity contribution is -0.285. The zero-order valence-electron chi connectivity index (χ0n) is 17.2. The maximum absolute atomic E-state index is 11.8. The predicted octanol–water partition coefficient (Wildman–Crippen LogP) is -0.498. The number of carbonyl (C=O) groups is 4. The van der Waals surface area contributed by atoms with Crippen molar-refractivity contribution in [1.29, 1.82) is 0 Å². The molecule has 1 amide bonds. The monoisotopic (exact) mass is 453 g/mol. The van der Waals surface area contributed by atoms with Gasteiger partial charge in [-0.05, 0) is 6.42 Å². The van der Waals surface area contributed by atoms with Crippen LogP contribution in [0.4, 0.5) is 4.79 Å². The summed E-state index contributed by atoms with van der Waals surface area (Å²) in [5, 5.41) is 2.39. The maximum Gasteiger partial charge on any atom is 0.407 e. The molecule has 0 unspecified atom stereocenters. The number of hydrogen-bond donors (Lipinski definition) is 2. The van der Waals surface area contributed by atoms with Crippen LogP contribution in [0.15, 0.2) is 0 Å². The number of amides is 1. The number of ether oxygens (including phenoxy) is 5. The molecule has 1 rings (SSSR count). The van der Waals surface area contributed by atoms with Crippen LogP contribution in [0.3, 0.4) is 0 Å². The molecule has 0 aromatic heterocycles. The van der Waals surface area contributed by atoms with E-state index in [2.05, 4.69) is 5.32 Å². The van der Waals surface area contributed by atoms with E-state index >= 15 is 0 Å². The lowest BCUT2D eigenvalue weighted by Gasteiger charge is -2.43. The SMILES string of the molecule is CC(=O)O[C@H]1O[C@H](COC(=O)NCCC[SH](=O)=O)[C@@H](C)[C@H](OC(C)=O)[C@H]1OC(C)=O. The van der Waals surface area contributed by atoms with Gasteiger partial charge in [-0.25, -0.2) is 13.2 Å². The van der Waals surface area contributed by atoms with E-state index in [1.54, 1.807) is 6.92 Å². The van der Waals surface area contributed by atoms with Crippen LogP contribution in [0.25, 0.3) is 0 Å². The van der Waals surface area contributed by atoms with Gasteiger partial charge >= 0.3 is 24.0 Å².